The Hall–Kier alpha value is -1.59. The topological polar surface area (TPSA) is 50.8 Å². The van der Waals surface area contributed by atoms with Crippen LogP contribution in [-0.4, -0.2) is 49.8 Å². The van der Waals surface area contributed by atoms with Crippen LogP contribution in [0.1, 0.15) is 32.4 Å². The number of ether oxygens (including phenoxy) is 2. The number of carbonyl (C=O) groups excluding carboxylic acids is 1. The van der Waals surface area contributed by atoms with Crippen LogP contribution >= 0.6 is 0 Å². The number of benzene rings is 1. The van der Waals surface area contributed by atoms with E-state index in [1.165, 1.54) is 0 Å². The van der Waals surface area contributed by atoms with Gasteiger partial charge in [-0.2, -0.15) is 0 Å². The van der Waals surface area contributed by atoms with Gasteiger partial charge in [0.1, 0.15) is 5.75 Å². The fourth-order valence-corrected chi connectivity index (χ4v) is 2.62. The van der Waals surface area contributed by atoms with Crippen LogP contribution in [-0.2, 0) is 9.53 Å². The van der Waals surface area contributed by atoms with Crippen molar-refractivity contribution in [3.8, 4) is 5.75 Å². The molecule has 1 aliphatic heterocycles. The lowest BCUT2D eigenvalue weighted by molar-refractivity contribution is -0.137. The molecule has 1 saturated heterocycles. The third-order valence-electron chi connectivity index (χ3n) is 3.88. The Labute approximate surface area is 132 Å². The highest BCUT2D eigenvalue weighted by molar-refractivity contribution is 5.81. The van der Waals surface area contributed by atoms with Crippen LogP contribution in [0.2, 0.25) is 0 Å². The van der Waals surface area contributed by atoms with Crippen molar-refractivity contribution in [2.75, 3.05) is 32.9 Å². The second kappa shape index (κ2) is 8.15. The van der Waals surface area contributed by atoms with Gasteiger partial charge in [0.05, 0.1) is 25.9 Å². The molecule has 0 unspecified atom stereocenters. The highest BCUT2D eigenvalue weighted by Gasteiger charge is 2.23. The Balaban J connectivity index is 1.89. The largest absolute Gasteiger partial charge is 0.494 e. The van der Waals surface area contributed by atoms with E-state index in [9.17, 15) is 4.79 Å². The van der Waals surface area contributed by atoms with Crippen molar-refractivity contribution in [3.63, 3.8) is 0 Å². The molecular weight excluding hydrogens is 280 g/mol. The standard InChI is InChI=1S/C17H26N2O3/c1-4-22-16-7-5-15(6-8-16)13(2)18-14(3)17(20)19-9-11-21-12-10-19/h5-8,13-14,18H,4,9-12H2,1-3H3/t13-,14-/m1/s1. The van der Waals surface area contributed by atoms with Crippen molar-refractivity contribution in [1.29, 1.82) is 0 Å². The normalized spacial score (nSPS) is 17.9. The summed E-state index contributed by atoms with van der Waals surface area (Å²) in [6.07, 6.45) is 0. The van der Waals surface area contributed by atoms with E-state index in [1.807, 2.05) is 43.0 Å². The second-order valence-corrected chi connectivity index (χ2v) is 5.55. The van der Waals surface area contributed by atoms with Crippen LogP contribution in [0.4, 0.5) is 0 Å². The minimum absolute atomic E-state index is 0.107. The maximum absolute atomic E-state index is 12.4. The van der Waals surface area contributed by atoms with Crippen LogP contribution in [0.15, 0.2) is 24.3 Å². The lowest BCUT2D eigenvalue weighted by Crippen LogP contribution is -2.49. The highest BCUT2D eigenvalue weighted by atomic mass is 16.5. The van der Waals surface area contributed by atoms with E-state index < -0.39 is 0 Å². The van der Waals surface area contributed by atoms with E-state index in [4.69, 9.17) is 9.47 Å². The van der Waals surface area contributed by atoms with Gasteiger partial charge < -0.3 is 14.4 Å². The molecule has 0 saturated carbocycles. The second-order valence-electron chi connectivity index (χ2n) is 5.55. The maximum atomic E-state index is 12.4. The number of nitrogens with one attached hydrogen (secondary N) is 1. The third-order valence-corrected chi connectivity index (χ3v) is 3.88. The minimum Gasteiger partial charge on any atom is -0.494 e. The molecule has 0 aromatic heterocycles. The molecule has 1 aromatic rings. The number of hydrogen-bond donors (Lipinski definition) is 1. The predicted molar refractivity (Wildman–Crippen MR) is 86.0 cm³/mol. The molecule has 1 fully saturated rings. The van der Waals surface area contributed by atoms with Gasteiger partial charge in [0.15, 0.2) is 0 Å². The predicted octanol–water partition coefficient (Wildman–Crippen LogP) is 1.98. The molecule has 1 amide bonds. The van der Waals surface area contributed by atoms with E-state index in [-0.39, 0.29) is 18.0 Å². The Morgan fingerprint density at radius 1 is 1.27 bits per heavy atom. The molecule has 122 valence electrons. The molecule has 2 atom stereocenters. The zero-order valence-corrected chi connectivity index (χ0v) is 13.7. The number of morpholine rings is 1. The quantitative estimate of drug-likeness (QED) is 0.873. The summed E-state index contributed by atoms with van der Waals surface area (Å²) in [5, 5.41) is 3.37. The van der Waals surface area contributed by atoms with Crippen molar-refractivity contribution in [2.24, 2.45) is 0 Å². The number of rotatable bonds is 6. The molecule has 5 nitrogen and oxygen atoms in total. The van der Waals surface area contributed by atoms with Crippen molar-refractivity contribution in [3.05, 3.63) is 29.8 Å². The Morgan fingerprint density at radius 3 is 2.50 bits per heavy atom. The first kappa shape index (κ1) is 16.8. The van der Waals surface area contributed by atoms with E-state index in [1.54, 1.807) is 0 Å². The van der Waals surface area contributed by atoms with Crippen LogP contribution in [0, 0.1) is 0 Å². The van der Waals surface area contributed by atoms with Crippen molar-refractivity contribution >= 4 is 5.91 Å². The van der Waals surface area contributed by atoms with Crippen LogP contribution in [0.25, 0.3) is 0 Å². The van der Waals surface area contributed by atoms with Crippen LogP contribution in [0.3, 0.4) is 0 Å². The van der Waals surface area contributed by atoms with E-state index >= 15 is 0 Å². The van der Waals surface area contributed by atoms with Gasteiger partial charge in [-0.3, -0.25) is 10.1 Å². The molecule has 2 rings (SSSR count). The summed E-state index contributed by atoms with van der Waals surface area (Å²) < 4.78 is 10.7. The zero-order valence-electron chi connectivity index (χ0n) is 13.7. The molecule has 5 heteroatoms. The summed E-state index contributed by atoms with van der Waals surface area (Å²) >= 11 is 0. The molecule has 1 aliphatic rings. The first-order chi connectivity index (χ1) is 10.6. The summed E-state index contributed by atoms with van der Waals surface area (Å²) in [4.78, 5) is 14.3. The molecular formula is C17H26N2O3. The Morgan fingerprint density at radius 2 is 1.91 bits per heavy atom. The minimum atomic E-state index is -0.209. The molecule has 1 N–H and O–H groups in total. The van der Waals surface area contributed by atoms with Crippen LogP contribution in [0.5, 0.6) is 5.75 Å². The lowest BCUT2D eigenvalue weighted by atomic mass is 10.1. The Bertz CT molecular complexity index is 469. The van der Waals surface area contributed by atoms with Gasteiger partial charge in [-0.1, -0.05) is 12.1 Å². The fourth-order valence-electron chi connectivity index (χ4n) is 2.62. The van der Waals surface area contributed by atoms with Gasteiger partial charge in [-0.15, -0.1) is 0 Å². The zero-order chi connectivity index (χ0) is 15.9. The van der Waals surface area contributed by atoms with E-state index in [0.29, 0.717) is 32.9 Å². The average Bonchev–Trinajstić information content (AvgIpc) is 2.55. The lowest BCUT2D eigenvalue weighted by Gasteiger charge is -2.30. The van der Waals surface area contributed by atoms with Gasteiger partial charge in [0.25, 0.3) is 0 Å². The van der Waals surface area contributed by atoms with Gasteiger partial charge >= 0.3 is 0 Å². The maximum Gasteiger partial charge on any atom is 0.239 e. The summed E-state index contributed by atoms with van der Waals surface area (Å²) in [5.74, 6) is 1.01. The van der Waals surface area contributed by atoms with Gasteiger partial charge in [0, 0.05) is 19.1 Å². The Kier molecular flexibility index (Phi) is 6.21. The molecule has 0 bridgehead atoms. The smallest absolute Gasteiger partial charge is 0.239 e. The number of amides is 1. The molecule has 0 spiro atoms. The van der Waals surface area contributed by atoms with Crippen LogP contribution < -0.4 is 10.1 Å². The molecule has 1 aromatic carbocycles. The molecule has 22 heavy (non-hydrogen) atoms. The fraction of sp³-hybridized carbons (Fsp3) is 0.588. The van der Waals surface area contributed by atoms with Gasteiger partial charge in [-0.25, -0.2) is 0 Å². The monoisotopic (exact) mass is 306 g/mol. The summed E-state index contributed by atoms with van der Waals surface area (Å²) in [7, 11) is 0. The third kappa shape index (κ3) is 4.45. The van der Waals surface area contributed by atoms with Gasteiger partial charge in [-0.05, 0) is 38.5 Å². The number of nitrogens with zero attached hydrogens (tertiary/aromatic N) is 1. The molecule has 0 aliphatic carbocycles. The SMILES string of the molecule is CCOc1ccc([C@@H](C)N[C@H](C)C(=O)N2CCOCC2)cc1. The van der Waals surface area contributed by atoms with E-state index in [2.05, 4.69) is 12.2 Å². The molecule has 1 heterocycles. The van der Waals surface area contributed by atoms with Crippen molar-refractivity contribution in [2.45, 2.75) is 32.9 Å². The average molecular weight is 306 g/mol. The van der Waals surface area contributed by atoms with Crippen molar-refractivity contribution in [1.82, 2.24) is 10.2 Å². The number of hydrogen-bond acceptors (Lipinski definition) is 4. The first-order valence-corrected chi connectivity index (χ1v) is 7.97. The van der Waals surface area contributed by atoms with Crippen molar-refractivity contribution < 1.29 is 14.3 Å². The highest BCUT2D eigenvalue weighted by Crippen LogP contribution is 2.18. The summed E-state index contributed by atoms with van der Waals surface area (Å²) in [6, 6.07) is 7.90. The number of carbonyl (C=O) groups is 1. The molecule has 0 radical (unpaired) electrons. The summed E-state index contributed by atoms with van der Waals surface area (Å²) in [6.45, 7) is 9.25. The van der Waals surface area contributed by atoms with E-state index in [0.717, 1.165) is 11.3 Å². The van der Waals surface area contributed by atoms with Gasteiger partial charge in [0.2, 0.25) is 5.91 Å². The summed E-state index contributed by atoms with van der Waals surface area (Å²) in [5.41, 5.74) is 1.14. The first-order valence-electron chi connectivity index (χ1n) is 7.97.